The van der Waals surface area contributed by atoms with E-state index in [1.165, 1.54) is 12.4 Å². The lowest BCUT2D eigenvalue weighted by Gasteiger charge is -2.07. The molecule has 0 saturated heterocycles. The van der Waals surface area contributed by atoms with Gasteiger partial charge in [-0.15, -0.1) is 0 Å². The minimum atomic E-state index is -3.69. The quantitative estimate of drug-likeness (QED) is 0.818. The molecule has 0 aliphatic rings. The molecule has 0 radical (unpaired) electrons. The zero-order chi connectivity index (χ0) is 14.6. The summed E-state index contributed by atoms with van der Waals surface area (Å²) < 4.78 is 40.9. The van der Waals surface area contributed by atoms with Crippen LogP contribution in [0.15, 0.2) is 35.7 Å². The van der Waals surface area contributed by atoms with Crippen molar-refractivity contribution < 1.29 is 12.8 Å². The third-order valence-electron chi connectivity index (χ3n) is 2.52. The van der Waals surface area contributed by atoms with E-state index in [1.807, 2.05) is 0 Å². The topological polar surface area (TPSA) is 76.9 Å². The van der Waals surface area contributed by atoms with E-state index in [9.17, 15) is 12.8 Å². The van der Waals surface area contributed by atoms with E-state index in [1.54, 1.807) is 11.0 Å². The van der Waals surface area contributed by atoms with Crippen LogP contribution in [0.1, 0.15) is 6.42 Å². The maximum absolute atomic E-state index is 13.0. The van der Waals surface area contributed by atoms with Crippen molar-refractivity contribution in [3.8, 4) is 0 Å². The summed E-state index contributed by atoms with van der Waals surface area (Å²) in [5.41, 5.74) is 0. The van der Waals surface area contributed by atoms with Crippen LogP contribution in [-0.2, 0) is 16.6 Å². The average Bonchev–Trinajstić information content (AvgIpc) is 2.91. The van der Waals surface area contributed by atoms with Gasteiger partial charge in [-0.1, -0.05) is 11.6 Å². The van der Waals surface area contributed by atoms with Gasteiger partial charge in [-0.3, -0.25) is 4.68 Å². The fourth-order valence-electron chi connectivity index (χ4n) is 1.52. The molecule has 0 fully saturated rings. The molecule has 0 spiro atoms. The number of benzene rings is 1. The molecule has 6 nitrogen and oxygen atoms in total. The average molecular weight is 319 g/mol. The summed E-state index contributed by atoms with van der Waals surface area (Å²) in [5, 5.41) is 3.67. The van der Waals surface area contributed by atoms with Crippen LogP contribution in [0.5, 0.6) is 0 Å². The Morgan fingerprint density at radius 3 is 2.85 bits per heavy atom. The summed E-state index contributed by atoms with van der Waals surface area (Å²) in [4.78, 5) is 3.71. The first-order valence-electron chi connectivity index (χ1n) is 5.76. The lowest BCUT2D eigenvalue weighted by Crippen LogP contribution is -2.25. The highest BCUT2D eigenvalue weighted by atomic mass is 35.5. The van der Waals surface area contributed by atoms with Crippen molar-refractivity contribution in [3.05, 3.63) is 41.7 Å². The first kappa shape index (κ1) is 14.9. The molecule has 1 N–H and O–H groups in total. The first-order chi connectivity index (χ1) is 9.49. The summed E-state index contributed by atoms with van der Waals surface area (Å²) >= 11 is 5.56. The van der Waals surface area contributed by atoms with Gasteiger partial charge < -0.3 is 0 Å². The molecule has 108 valence electrons. The smallest absolute Gasteiger partial charge is 0.240 e. The van der Waals surface area contributed by atoms with Crippen molar-refractivity contribution in [2.24, 2.45) is 0 Å². The zero-order valence-electron chi connectivity index (χ0n) is 10.3. The number of hydrogen-bond acceptors (Lipinski definition) is 4. The minimum Gasteiger partial charge on any atom is -0.253 e. The minimum absolute atomic E-state index is 0.0651. The monoisotopic (exact) mass is 318 g/mol. The second-order valence-corrected chi connectivity index (χ2v) is 6.16. The predicted octanol–water partition coefficient (Wildman–Crippen LogP) is 1.44. The summed E-state index contributed by atoms with van der Waals surface area (Å²) in [6.45, 7) is 0.782. The van der Waals surface area contributed by atoms with Crippen molar-refractivity contribution in [3.63, 3.8) is 0 Å². The number of nitrogens with zero attached hydrogens (tertiary/aromatic N) is 3. The van der Waals surface area contributed by atoms with Gasteiger partial charge in [0.25, 0.3) is 0 Å². The Hall–Kier alpha value is -1.51. The third-order valence-corrected chi connectivity index (χ3v) is 4.27. The highest BCUT2D eigenvalue weighted by Crippen LogP contribution is 2.19. The Bertz CT molecular complexity index is 676. The van der Waals surface area contributed by atoms with Crippen LogP contribution in [0.4, 0.5) is 4.39 Å². The molecular formula is C11H12ClFN4O2S. The Morgan fingerprint density at radius 1 is 1.40 bits per heavy atom. The van der Waals surface area contributed by atoms with Crippen LogP contribution >= 0.6 is 11.6 Å². The van der Waals surface area contributed by atoms with Gasteiger partial charge in [0.05, 0.1) is 9.92 Å². The number of halogens is 2. The van der Waals surface area contributed by atoms with Gasteiger partial charge in [0.15, 0.2) is 0 Å². The van der Waals surface area contributed by atoms with E-state index in [2.05, 4.69) is 14.8 Å². The molecule has 20 heavy (non-hydrogen) atoms. The van der Waals surface area contributed by atoms with E-state index < -0.39 is 15.8 Å². The Labute approximate surface area is 120 Å². The molecule has 0 amide bonds. The van der Waals surface area contributed by atoms with E-state index >= 15 is 0 Å². The summed E-state index contributed by atoms with van der Waals surface area (Å²) in [6.07, 6.45) is 3.51. The zero-order valence-corrected chi connectivity index (χ0v) is 11.9. The molecule has 2 aromatic rings. The Morgan fingerprint density at radius 2 is 2.20 bits per heavy atom. The van der Waals surface area contributed by atoms with Crippen molar-refractivity contribution in [2.45, 2.75) is 17.9 Å². The summed E-state index contributed by atoms with van der Waals surface area (Å²) in [7, 11) is -3.69. The summed E-state index contributed by atoms with van der Waals surface area (Å²) in [6, 6.07) is 3.27. The fourth-order valence-corrected chi connectivity index (χ4v) is 2.87. The summed E-state index contributed by atoms with van der Waals surface area (Å²) in [5.74, 6) is -0.656. The fraction of sp³-hybridized carbons (Fsp3) is 0.273. The van der Waals surface area contributed by atoms with Crippen molar-refractivity contribution >= 4 is 21.6 Å². The van der Waals surface area contributed by atoms with E-state index in [-0.39, 0.29) is 16.5 Å². The van der Waals surface area contributed by atoms with Gasteiger partial charge in [0, 0.05) is 13.1 Å². The van der Waals surface area contributed by atoms with Gasteiger partial charge in [0.2, 0.25) is 10.0 Å². The molecule has 9 heteroatoms. The number of rotatable bonds is 6. The number of sulfonamides is 1. The Kier molecular flexibility index (Phi) is 4.69. The van der Waals surface area contributed by atoms with Gasteiger partial charge in [-0.05, 0) is 24.6 Å². The van der Waals surface area contributed by atoms with Gasteiger partial charge in [-0.25, -0.2) is 22.5 Å². The molecule has 0 atom stereocenters. The maximum atomic E-state index is 13.0. The van der Waals surface area contributed by atoms with E-state index in [0.717, 1.165) is 12.1 Å². The lowest BCUT2D eigenvalue weighted by molar-refractivity contribution is 0.552. The van der Waals surface area contributed by atoms with Crippen molar-refractivity contribution in [1.82, 2.24) is 19.5 Å². The third kappa shape index (κ3) is 3.75. The molecule has 1 aromatic heterocycles. The molecule has 1 aromatic carbocycles. The molecule has 0 saturated carbocycles. The molecule has 1 heterocycles. The van der Waals surface area contributed by atoms with E-state index in [4.69, 9.17) is 11.6 Å². The van der Waals surface area contributed by atoms with Gasteiger partial charge >= 0.3 is 0 Å². The highest BCUT2D eigenvalue weighted by Gasteiger charge is 2.15. The normalized spacial score (nSPS) is 11.7. The predicted molar refractivity (Wildman–Crippen MR) is 71.2 cm³/mol. The Balaban J connectivity index is 1.92. The van der Waals surface area contributed by atoms with E-state index in [0.29, 0.717) is 13.0 Å². The largest absolute Gasteiger partial charge is 0.253 e. The highest BCUT2D eigenvalue weighted by molar-refractivity contribution is 7.89. The maximum Gasteiger partial charge on any atom is 0.240 e. The van der Waals surface area contributed by atoms with Crippen LogP contribution in [-0.4, -0.2) is 29.7 Å². The first-order valence-corrected chi connectivity index (χ1v) is 7.62. The standard InChI is InChI=1S/C11H12ClFN4O2S/c12-10-6-9(2-3-11(10)13)20(18,19)16-4-1-5-17-8-14-7-15-17/h2-3,6-8,16H,1,4-5H2. The van der Waals surface area contributed by atoms with Crippen LogP contribution in [0.25, 0.3) is 0 Å². The molecule has 0 unspecified atom stereocenters. The van der Waals surface area contributed by atoms with Crippen molar-refractivity contribution in [1.29, 1.82) is 0 Å². The number of aryl methyl sites for hydroxylation is 1. The second kappa shape index (κ2) is 6.29. The second-order valence-electron chi connectivity index (χ2n) is 3.99. The molecule has 0 aliphatic carbocycles. The SMILES string of the molecule is O=S(=O)(NCCCn1cncn1)c1ccc(F)c(Cl)c1. The van der Waals surface area contributed by atoms with Crippen LogP contribution in [0.3, 0.4) is 0 Å². The van der Waals surface area contributed by atoms with Crippen LogP contribution in [0.2, 0.25) is 5.02 Å². The molecule has 0 bridgehead atoms. The number of hydrogen-bond donors (Lipinski definition) is 1. The van der Waals surface area contributed by atoms with Gasteiger partial charge in [-0.2, -0.15) is 5.10 Å². The molecular weight excluding hydrogens is 307 g/mol. The number of aromatic nitrogens is 3. The van der Waals surface area contributed by atoms with Crippen molar-refractivity contribution in [2.75, 3.05) is 6.54 Å². The van der Waals surface area contributed by atoms with Crippen LogP contribution < -0.4 is 4.72 Å². The van der Waals surface area contributed by atoms with Gasteiger partial charge in [0.1, 0.15) is 18.5 Å². The van der Waals surface area contributed by atoms with Crippen LogP contribution in [0, 0.1) is 5.82 Å². The molecule has 0 aliphatic heterocycles. The molecule has 2 rings (SSSR count). The lowest BCUT2D eigenvalue weighted by atomic mass is 10.3. The number of nitrogens with one attached hydrogen (secondary N) is 1.